The van der Waals surface area contributed by atoms with Crippen molar-refractivity contribution < 1.29 is 0 Å². The molecule has 1 atom stereocenters. The molecule has 1 aliphatic heterocycles. The van der Waals surface area contributed by atoms with Gasteiger partial charge in [0.15, 0.2) is 0 Å². The van der Waals surface area contributed by atoms with Crippen LogP contribution in [0.3, 0.4) is 0 Å². The lowest BCUT2D eigenvalue weighted by molar-refractivity contribution is 0.444. The van der Waals surface area contributed by atoms with Crippen molar-refractivity contribution in [2.24, 2.45) is 11.8 Å². The molecule has 5 nitrogen and oxygen atoms in total. The molecule has 0 radical (unpaired) electrons. The van der Waals surface area contributed by atoms with Crippen molar-refractivity contribution in [1.82, 2.24) is 9.97 Å². The minimum absolute atomic E-state index is 0.485. The second kappa shape index (κ2) is 4.65. The van der Waals surface area contributed by atoms with Crippen molar-refractivity contribution in [1.29, 1.82) is 0 Å². The Labute approximate surface area is 96.0 Å². The average Bonchev–Trinajstić information content (AvgIpc) is 2.30. The Morgan fingerprint density at radius 1 is 1.56 bits per heavy atom. The molecule has 1 unspecified atom stereocenters. The Morgan fingerprint density at radius 2 is 2.38 bits per heavy atom. The molecule has 1 fully saturated rings. The lowest BCUT2D eigenvalue weighted by Gasteiger charge is -2.32. The largest absolute Gasteiger partial charge is 0.356 e. The monoisotopic (exact) mass is 221 g/mol. The number of nitrogen functional groups attached to an aromatic ring is 1. The van der Waals surface area contributed by atoms with Gasteiger partial charge in [0.2, 0.25) is 5.95 Å². The Hall–Kier alpha value is -1.36. The minimum Gasteiger partial charge on any atom is -0.356 e. The predicted octanol–water partition coefficient (Wildman–Crippen LogP) is 1.31. The number of aryl methyl sites for hydroxylation is 1. The maximum absolute atomic E-state index is 5.33. The van der Waals surface area contributed by atoms with Gasteiger partial charge in [0.05, 0.1) is 0 Å². The summed E-state index contributed by atoms with van der Waals surface area (Å²) >= 11 is 0. The molecular formula is C11H19N5. The van der Waals surface area contributed by atoms with Crippen molar-refractivity contribution in [2.45, 2.75) is 26.7 Å². The van der Waals surface area contributed by atoms with Gasteiger partial charge in [-0.2, -0.15) is 4.98 Å². The molecule has 0 bridgehead atoms. The van der Waals surface area contributed by atoms with Gasteiger partial charge in [-0.15, -0.1) is 0 Å². The first-order valence-electron chi connectivity index (χ1n) is 5.76. The minimum atomic E-state index is 0.485. The summed E-state index contributed by atoms with van der Waals surface area (Å²) in [4.78, 5) is 10.9. The molecule has 0 aromatic carbocycles. The zero-order valence-corrected chi connectivity index (χ0v) is 9.90. The van der Waals surface area contributed by atoms with E-state index in [4.69, 9.17) is 5.84 Å². The molecule has 88 valence electrons. The Morgan fingerprint density at radius 3 is 3.06 bits per heavy atom. The molecular weight excluding hydrogens is 202 g/mol. The third-order valence-electron chi connectivity index (χ3n) is 3.03. The number of anilines is 2. The van der Waals surface area contributed by atoms with E-state index in [1.807, 2.05) is 13.1 Å². The van der Waals surface area contributed by atoms with E-state index in [1.54, 1.807) is 0 Å². The van der Waals surface area contributed by atoms with E-state index >= 15 is 0 Å². The van der Waals surface area contributed by atoms with Gasteiger partial charge in [-0.05, 0) is 25.7 Å². The topological polar surface area (TPSA) is 67.1 Å². The maximum atomic E-state index is 5.33. The summed E-state index contributed by atoms with van der Waals surface area (Å²) in [5, 5.41) is 0. The van der Waals surface area contributed by atoms with Crippen molar-refractivity contribution in [3.05, 3.63) is 11.8 Å². The molecule has 2 rings (SSSR count). The number of nitrogens with one attached hydrogen (secondary N) is 1. The fourth-order valence-electron chi connectivity index (χ4n) is 2.20. The summed E-state index contributed by atoms with van der Waals surface area (Å²) in [6.45, 7) is 6.47. The van der Waals surface area contributed by atoms with E-state index in [2.05, 4.69) is 27.2 Å². The number of hydrogen-bond acceptors (Lipinski definition) is 5. The fourth-order valence-corrected chi connectivity index (χ4v) is 2.20. The second-order valence-corrected chi connectivity index (χ2v) is 4.54. The highest BCUT2D eigenvalue weighted by Crippen LogP contribution is 2.24. The molecule has 0 aliphatic carbocycles. The van der Waals surface area contributed by atoms with Crippen molar-refractivity contribution >= 4 is 11.8 Å². The van der Waals surface area contributed by atoms with Crippen molar-refractivity contribution in [2.75, 3.05) is 23.4 Å². The lowest BCUT2D eigenvalue weighted by Crippen LogP contribution is -2.35. The van der Waals surface area contributed by atoms with Crippen LogP contribution < -0.4 is 16.2 Å². The molecule has 1 saturated heterocycles. The molecule has 0 spiro atoms. The third kappa shape index (κ3) is 2.24. The van der Waals surface area contributed by atoms with Crippen LogP contribution in [0.15, 0.2) is 6.20 Å². The molecule has 0 amide bonds. The van der Waals surface area contributed by atoms with Gasteiger partial charge in [-0.1, -0.05) is 6.92 Å². The first kappa shape index (κ1) is 11.1. The molecule has 2 heterocycles. The number of hydrogen-bond donors (Lipinski definition) is 2. The van der Waals surface area contributed by atoms with Crippen LogP contribution >= 0.6 is 0 Å². The van der Waals surface area contributed by atoms with Crippen LogP contribution in [0.5, 0.6) is 0 Å². The summed E-state index contributed by atoms with van der Waals surface area (Å²) in [6.07, 6.45) is 4.36. The van der Waals surface area contributed by atoms with Crippen LogP contribution in [-0.4, -0.2) is 23.1 Å². The maximum Gasteiger partial charge on any atom is 0.239 e. The zero-order chi connectivity index (χ0) is 11.5. The second-order valence-electron chi connectivity index (χ2n) is 4.54. The van der Waals surface area contributed by atoms with Gasteiger partial charge in [0, 0.05) is 24.8 Å². The number of nitrogens with zero attached hydrogens (tertiary/aromatic N) is 3. The summed E-state index contributed by atoms with van der Waals surface area (Å²) in [6, 6.07) is 0. The van der Waals surface area contributed by atoms with Gasteiger partial charge in [0.1, 0.15) is 5.82 Å². The first-order valence-corrected chi connectivity index (χ1v) is 5.76. The summed E-state index contributed by atoms with van der Waals surface area (Å²) in [5.41, 5.74) is 3.60. The number of piperidine rings is 1. The summed E-state index contributed by atoms with van der Waals surface area (Å²) in [7, 11) is 0. The highest BCUT2D eigenvalue weighted by atomic mass is 15.3. The highest BCUT2D eigenvalue weighted by molar-refractivity contribution is 5.49. The molecule has 1 aliphatic rings. The number of aromatic nitrogens is 2. The normalized spacial score (nSPS) is 20.9. The van der Waals surface area contributed by atoms with Gasteiger partial charge >= 0.3 is 0 Å². The van der Waals surface area contributed by atoms with Gasteiger partial charge in [-0.3, -0.25) is 5.43 Å². The SMILES string of the molecule is Cc1cnc(NN)nc1N1CCCC(C)C1. The fraction of sp³-hybridized carbons (Fsp3) is 0.636. The molecule has 3 N–H and O–H groups in total. The first-order chi connectivity index (χ1) is 7.70. The van der Waals surface area contributed by atoms with Crippen LogP contribution in [0.2, 0.25) is 0 Å². The highest BCUT2D eigenvalue weighted by Gasteiger charge is 2.19. The van der Waals surface area contributed by atoms with Crippen LogP contribution in [0.4, 0.5) is 11.8 Å². The molecule has 5 heteroatoms. The molecule has 1 aromatic heterocycles. The van der Waals surface area contributed by atoms with Crippen molar-refractivity contribution in [3.63, 3.8) is 0 Å². The Bertz CT molecular complexity index is 365. The van der Waals surface area contributed by atoms with Gasteiger partial charge in [0.25, 0.3) is 0 Å². The Kier molecular flexibility index (Phi) is 3.24. The standard InChI is InChI=1S/C11H19N5/c1-8-4-3-5-16(7-8)10-9(2)6-13-11(14-10)15-12/h6,8H,3-5,7,12H2,1-2H3,(H,13,14,15). The lowest BCUT2D eigenvalue weighted by atomic mass is 10.0. The van der Waals surface area contributed by atoms with E-state index in [-0.39, 0.29) is 0 Å². The predicted molar refractivity (Wildman–Crippen MR) is 65.2 cm³/mol. The average molecular weight is 221 g/mol. The van der Waals surface area contributed by atoms with E-state index < -0.39 is 0 Å². The third-order valence-corrected chi connectivity index (χ3v) is 3.03. The summed E-state index contributed by atoms with van der Waals surface area (Å²) < 4.78 is 0. The van der Waals surface area contributed by atoms with Crippen LogP contribution in [0.1, 0.15) is 25.3 Å². The van der Waals surface area contributed by atoms with Crippen LogP contribution in [0, 0.1) is 12.8 Å². The zero-order valence-electron chi connectivity index (χ0n) is 9.90. The quantitative estimate of drug-likeness (QED) is 0.582. The van der Waals surface area contributed by atoms with Crippen LogP contribution in [0.25, 0.3) is 0 Å². The van der Waals surface area contributed by atoms with Gasteiger partial charge < -0.3 is 4.90 Å². The van der Waals surface area contributed by atoms with E-state index in [0.29, 0.717) is 5.95 Å². The Balaban J connectivity index is 2.24. The molecule has 0 saturated carbocycles. The van der Waals surface area contributed by atoms with Crippen molar-refractivity contribution in [3.8, 4) is 0 Å². The van der Waals surface area contributed by atoms with E-state index in [0.717, 1.165) is 30.4 Å². The van der Waals surface area contributed by atoms with E-state index in [1.165, 1.54) is 12.8 Å². The van der Waals surface area contributed by atoms with Gasteiger partial charge in [-0.25, -0.2) is 10.8 Å². The van der Waals surface area contributed by atoms with E-state index in [9.17, 15) is 0 Å². The molecule has 16 heavy (non-hydrogen) atoms. The van der Waals surface area contributed by atoms with Crippen LogP contribution in [-0.2, 0) is 0 Å². The number of nitrogens with two attached hydrogens (primary N) is 1. The number of hydrazine groups is 1. The smallest absolute Gasteiger partial charge is 0.239 e. The molecule has 1 aromatic rings. The number of rotatable bonds is 2. The summed E-state index contributed by atoms with van der Waals surface area (Å²) in [5.74, 6) is 7.56.